The molecule has 146 valence electrons. The van der Waals surface area contributed by atoms with Crippen molar-refractivity contribution in [2.24, 2.45) is 5.92 Å². The number of carbonyl (C=O) groups excluding carboxylic acids is 1. The number of hydrogen-bond donors (Lipinski definition) is 1. The molecule has 1 saturated carbocycles. The first kappa shape index (κ1) is 18.4. The van der Waals surface area contributed by atoms with E-state index in [1.165, 1.54) is 62.7 Å². The molecule has 6 nitrogen and oxygen atoms in total. The zero-order valence-electron chi connectivity index (χ0n) is 16.4. The van der Waals surface area contributed by atoms with Crippen LogP contribution in [0.3, 0.4) is 0 Å². The number of hydrogen-bond acceptors (Lipinski definition) is 4. The summed E-state index contributed by atoms with van der Waals surface area (Å²) in [4.78, 5) is 18.4. The number of likely N-dealkylation sites (tertiary alicyclic amines) is 1. The standard InChI is InChI=1S/C21H31N5O/c1-16(27)22-11-13-26-21-19(8-5-10-23-21)20(24-26)18-9-12-25(15-18)14-17-6-3-2-4-7-17/h5,8,10,17-18H,2-4,6-7,9,11-15H2,1H3,(H,22,27)/t18-/m0/s1. The summed E-state index contributed by atoms with van der Waals surface area (Å²) in [5.41, 5.74) is 2.12. The maximum absolute atomic E-state index is 11.1. The van der Waals surface area contributed by atoms with Gasteiger partial charge in [0.2, 0.25) is 5.91 Å². The van der Waals surface area contributed by atoms with Crippen molar-refractivity contribution < 1.29 is 4.79 Å². The third kappa shape index (κ3) is 4.32. The Labute approximate surface area is 161 Å². The molecule has 1 saturated heterocycles. The highest BCUT2D eigenvalue weighted by Gasteiger charge is 2.29. The Kier molecular flexibility index (Phi) is 5.72. The number of carbonyl (C=O) groups is 1. The van der Waals surface area contributed by atoms with Crippen molar-refractivity contribution in [2.75, 3.05) is 26.2 Å². The Morgan fingerprint density at radius 3 is 2.93 bits per heavy atom. The van der Waals surface area contributed by atoms with E-state index in [1.807, 2.05) is 16.9 Å². The molecule has 6 heteroatoms. The third-order valence-electron chi connectivity index (χ3n) is 6.13. The average Bonchev–Trinajstić information content (AvgIpc) is 3.27. The van der Waals surface area contributed by atoms with E-state index in [1.54, 1.807) is 6.92 Å². The van der Waals surface area contributed by atoms with Crippen LogP contribution in [0.15, 0.2) is 18.3 Å². The summed E-state index contributed by atoms with van der Waals surface area (Å²) in [6, 6.07) is 4.14. The third-order valence-corrected chi connectivity index (χ3v) is 6.13. The highest BCUT2D eigenvalue weighted by molar-refractivity contribution is 5.79. The molecule has 2 aromatic heterocycles. The highest BCUT2D eigenvalue weighted by Crippen LogP contribution is 2.33. The van der Waals surface area contributed by atoms with Gasteiger partial charge in [-0.3, -0.25) is 4.79 Å². The van der Waals surface area contributed by atoms with Gasteiger partial charge in [-0.2, -0.15) is 5.10 Å². The van der Waals surface area contributed by atoms with Gasteiger partial charge in [0.25, 0.3) is 0 Å². The highest BCUT2D eigenvalue weighted by atomic mass is 16.1. The number of rotatable bonds is 6. The molecule has 1 atom stereocenters. The van der Waals surface area contributed by atoms with Gasteiger partial charge < -0.3 is 10.2 Å². The molecule has 1 aliphatic carbocycles. The van der Waals surface area contributed by atoms with Crippen molar-refractivity contribution >= 4 is 16.9 Å². The minimum Gasteiger partial charge on any atom is -0.354 e. The summed E-state index contributed by atoms with van der Waals surface area (Å²) in [5.74, 6) is 1.38. The van der Waals surface area contributed by atoms with Crippen LogP contribution in [0.5, 0.6) is 0 Å². The maximum Gasteiger partial charge on any atom is 0.216 e. The fraction of sp³-hybridized carbons (Fsp3) is 0.667. The molecule has 2 aliphatic rings. The minimum absolute atomic E-state index is 0.00575. The Morgan fingerprint density at radius 2 is 2.11 bits per heavy atom. The molecular weight excluding hydrogens is 338 g/mol. The van der Waals surface area contributed by atoms with Crippen LogP contribution in [-0.2, 0) is 11.3 Å². The van der Waals surface area contributed by atoms with Crippen molar-refractivity contribution in [1.29, 1.82) is 0 Å². The lowest BCUT2D eigenvalue weighted by Crippen LogP contribution is -2.28. The topological polar surface area (TPSA) is 63.1 Å². The first-order valence-electron chi connectivity index (χ1n) is 10.5. The van der Waals surface area contributed by atoms with Gasteiger partial charge in [-0.1, -0.05) is 19.3 Å². The first-order valence-corrected chi connectivity index (χ1v) is 10.5. The van der Waals surface area contributed by atoms with Gasteiger partial charge in [0.1, 0.15) is 0 Å². The second-order valence-corrected chi connectivity index (χ2v) is 8.22. The van der Waals surface area contributed by atoms with Crippen molar-refractivity contribution in [2.45, 2.75) is 57.9 Å². The molecule has 2 aromatic rings. The zero-order chi connectivity index (χ0) is 18.6. The first-order chi connectivity index (χ1) is 13.2. The summed E-state index contributed by atoms with van der Waals surface area (Å²) in [6.45, 7) is 6.34. The lowest BCUT2D eigenvalue weighted by Gasteiger charge is -2.26. The van der Waals surface area contributed by atoms with Crippen molar-refractivity contribution in [3.63, 3.8) is 0 Å². The van der Waals surface area contributed by atoms with E-state index in [9.17, 15) is 4.79 Å². The van der Waals surface area contributed by atoms with Gasteiger partial charge in [0.05, 0.1) is 12.2 Å². The molecule has 1 aliphatic heterocycles. The molecule has 0 bridgehead atoms. The largest absolute Gasteiger partial charge is 0.354 e. The van der Waals surface area contributed by atoms with Crippen LogP contribution in [0.25, 0.3) is 11.0 Å². The zero-order valence-corrected chi connectivity index (χ0v) is 16.4. The molecule has 0 unspecified atom stereocenters. The van der Waals surface area contributed by atoms with Crippen molar-refractivity contribution in [3.8, 4) is 0 Å². The van der Waals surface area contributed by atoms with E-state index in [2.05, 4.69) is 21.3 Å². The number of aromatic nitrogens is 3. The van der Waals surface area contributed by atoms with Crippen LogP contribution in [0.1, 0.15) is 57.1 Å². The van der Waals surface area contributed by atoms with Crippen LogP contribution in [0.4, 0.5) is 0 Å². The average molecular weight is 370 g/mol. The fourth-order valence-corrected chi connectivity index (χ4v) is 4.79. The Bertz CT molecular complexity index is 780. The van der Waals surface area contributed by atoms with E-state index in [4.69, 9.17) is 5.10 Å². The summed E-state index contributed by atoms with van der Waals surface area (Å²) < 4.78 is 1.96. The smallest absolute Gasteiger partial charge is 0.216 e. The number of nitrogens with one attached hydrogen (secondary N) is 1. The predicted molar refractivity (Wildman–Crippen MR) is 107 cm³/mol. The summed E-state index contributed by atoms with van der Waals surface area (Å²) >= 11 is 0. The van der Waals surface area contributed by atoms with Gasteiger partial charge in [-0.25, -0.2) is 9.67 Å². The molecule has 0 spiro atoms. The van der Waals surface area contributed by atoms with E-state index in [0.717, 1.165) is 18.1 Å². The summed E-state index contributed by atoms with van der Waals surface area (Å²) in [7, 11) is 0. The van der Waals surface area contributed by atoms with Gasteiger partial charge in [0.15, 0.2) is 5.65 Å². The van der Waals surface area contributed by atoms with Crippen LogP contribution in [-0.4, -0.2) is 51.8 Å². The van der Waals surface area contributed by atoms with Gasteiger partial charge in [-0.15, -0.1) is 0 Å². The number of nitrogens with zero attached hydrogens (tertiary/aromatic N) is 4. The number of fused-ring (bicyclic) bond motifs is 1. The van der Waals surface area contributed by atoms with Gasteiger partial charge in [0, 0.05) is 44.1 Å². The van der Waals surface area contributed by atoms with E-state index in [-0.39, 0.29) is 5.91 Å². The van der Waals surface area contributed by atoms with E-state index in [0.29, 0.717) is 19.0 Å². The predicted octanol–water partition coefficient (Wildman–Crippen LogP) is 2.94. The monoisotopic (exact) mass is 369 g/mol. The fourth-order valence-electron chi connectivity index (χ4n) is 4.79. The van der Waals surface area contributed by atoms with Crippen LogP contribution in [0.2, 0.25) is 0 Å². The Balaban J connectivity index is 1.46. The van der Waals surface area contributed by atoms with Crippen molar-refractivity contribution in [1.82, 2.24) is 25.0 Å². The number of pyridine rings is 1. The molecule has 27 heavy (non-hydrogen) atoms. The molecule has 2 fully saturated rings. The second-order valence-electron chi connectivity index (χ2n) is 8.22. The lowest BCUT2D eigenvalue weighted by molar-refractivity contribution is -0.118. The number of amides is 1. The van der Waals surface area contributed by atoms with Crippen LogP contribution in [0, 0.1) is 5.92 Å². The second kappa shape index (κ2) is 8.38. The lowest BCUT2D eigenvalue weighted by atomic mass is 9.89. The summed E-state index contributed by atoms with van der Waals surface area (Å²) in [6.07, 6.45) is 10.1. The van der Waals surface area contributed by atoms with E-state index >= 15 is 0 Å². The molecule has 3 heterocycles. The molecular formula is C21H31N5O. The van der Waals surface area contributed by atoms with Gasteiger partial charge in [-0.05, 0) is 43.9 Å². The maximum atomic E-state index is 11.1. The SMILES string of the molecule is CC(=O)NCCn1nc([C@H]2CCN(CC3CCCCC3)C2)c2cccnc21. The molecule has 0 radical (unpaired) electrons. The van der Waals surface area contributed by atoms with Crippen LogP contribution >= 0.6 is 0 Å². The minimum atomic E-state index is -0.00575. The van der Waals surface area contributed by atoms with Crippen LogP contribution < -0.4 is 5.32 Å². The summed E-state index contributed by atoms with van der Waals surface area (Å²) in [5, 5.41) is 8.95. The molecule has 4 rings (SSSR count). The van der Waals surface area contributed by atoms with Gasteiger partial charge >= 0.3 is 0 Å². The van der Waals surface area contributed by atoms with Crippen molar-refractivity contribution in [3.05, 3.63) is 24.0 Å². The Morgan fingerprint density at radius 1 is 1.26 bits per heavy atom. The molecule has 1 amide bonds. The van der Waals surface area contributed by atoms with E-state index < -0.39 is 0 Å². The normalized spacial score (nSPS) is 21.7. The quantitative estimate of drug-likeness (QED) is 0.850. The molecule has 1 N–H and O–H groups in total. The Hall–Kier alpha value is -1.95. The molecule has 0 aromatic carbocycles.